The molecule has 1 aromatic carbocycles. The second-order valence-electron chi connectivity index (χ2n) is 6.10. The van der Waals surface area contributed by atoms with E-state index in [9.17, 15) is 0 Å². The van der Waals surface area contributed by atoms with Gasteiger partial charge in [-0.15, -0.1) is 0 Å². The summed E-state index contributed by atoms with van der Waals surface area (Å²) >= 11 is 0. The molecular formula is C15H21NO. The van der Waals surface area contributed by atoms with E-state index in [-0.39, 0.29) is 11.0 Å². The minimum Gasteiger partial charge on any atom is -0.493 e. The molecule has 0 aromatic heterocycles. The zero-order valence-electron chi connectivity index (χ0n) is 10.8. The van der Waals surface area contributed by atoms with Crippen molar-refractivity contribution in [2.45, 2.75) is 45.1 Å². The van der Waals surface area contributed by atoms with Crippen molar-refractivity contribution in [2.75, 3.05) is 6.61 Å². The fraction of sp³-hybridized carbons (Fsp3) is 0.600. The summed E-state index contributed by atoms with van der Waals surface area (Å²) in [6, 6.07) is 6.46. The third kappa shape index (κ3) is 1.43. The lowest BCUT2D eigenvalue weighted by Crippen LogP contribution is -2.45. The molecule has 1 heterocycles. The second-order valence-corrected chi connectivity index (χ2v) is 6.10. The quantitative estimate of drug-likeness (QED) is 0.806. The molecule has 1 fully saturated rings. The smallest absolute Gasteiger partial charge is 0.127 e. The van der Waals surface area contributed by atoms with E-state index in [4.69, 9.17) is 10.5 Å². The van der Waals surface area contributed by atoms with Crippen LogP contribution in [0.2, 0.25) is 0 Å². The molecule has 1 saturated carbocycles. The normalized spacial score (nSPS) is 30.1. The summed E-state index contributed by atoms with van der Waals surface area (Å²) in [6.07, 6.45) is 4.51. The van der Waals surface area contributed by atoms with Gasteiger partial charge in [0.2, 0.25) is 0 Å². The van der Waals surface area contributed by atoms with Crippen LogP contribution in [-0.4, -0.2) is 6.61 Å². The Labute approximate surface area is 103 Å². The second kappa shape index (κ2) is 3.49. The van der Waals surface area contributed by atoms with E-state index in [1.165, 1.54) is 24.0 Å². The van der Waals surface area contributed by atoms with Gasteiger partial charge in [-0.2, -0.15) is 0 Å². The maximum atomic E-state index is 6.75. The molecule has 0 amide bonds. The molecule has 1 atom stereocenters. The Balaban J connectivity index is 2.14. The lowest BCUT2D eigenvalue weighted by molar-refractivity contribution is 0.203. The van der Waals surface area contributed by atoms with Crippen molar-refractivity contribution in [1.29, 1.82) is 0 Å². The molecule has 0 bridgehead atoms. The van der Waals surface area contributed by atoms with Crippen molar-refractivity contribution in [3.63, 3.8) is 0 Å². The Hall–Kier alpha value is -1.02. The number of hydrogen-bond acceptors (Lipinski definition) is 2. The standard InChI is InChI=1S/C15H21NO/c1-14(2)8-4-9-15(14,16)12-6-3-5-11-7-10-17-13(11)12/h3,5-6H,4,7-10,16H2,1-2H3. The Morgan fingerprint density at radius 3 is 2.76 bits per heavy atom. The summed E-state index contributed by atoms with van der Waals surface area (Å²) in [6.45, 7) is 5.38. The first-order valence-electron chi connectivity index (χ1n) is 6.59. The fourth-order valence-corrected chi connectivity index (χ4v) is 3.44. The van der Waals surface area contributed by atoms with E-state index < -0.39 is 0 Å². The number of rotatable bonds is 1. The number of para-hydroxylation sites is 1. The predicted octanol–water partition coefficient (Wildman–Crippen LogP) is 2.99. The highest BCUT2D eigenvalue weighted by Crippen LogP contribution is 2.53. The largest absolute Gasteiger partial charge is 0.493 e. The molecular weight excluding hydrogens is 210 g/mol. The van der Waals surface area contributed by atoms with Crippen LogP contribution >= 0.6 is 0 Å². The van der Waals surface area contributed by atoms with Gasteiger partial charge in [0.05, 0.1) is 6.61 Å². The number of benzene rings is 1. The van der Waals surface area contributed by atoms with Crippen molar-refractivity contribution in [1.82, 2.24) is 0 Å². The lowest BCUT2D eigenvalue weighted by Gasteiger charge is -2.39. The maximum absolute atomic E-state index is 6.75. The topological polar surface area (TPSA) is 35.2 Å². The molecule has 17 heavy (non-hydrogen) atoms. The van der Waals surface area contributed by atoms with E-state index in [2.05, 4.69) is 32.0 Å². The number of fused-ring (bicyclic) bond motifs is 1. The van der Waals surface area contributed by atoms with Gasteiger partial charge in [0.25, 0.3) is 0 Å². The van der Waals surface area contributed by atoms with Gasteiger partial charge >= 0.3 is 0 Å². The third-order valence-electron chi connectivity index (χ3n) is 4.78. The Morgan fingerprint density at radius 2 is 2.06 bits per heavy atom. The van der Waals surface area contributed by atoms with Gasteiger partial charge in [-0.3, -0.25) is 0 Å². The van der Waals surface area contributed by atoms with Crippen LogP contribution in [0, 0.1) is 5.41 Å². The molecule has 1 unspecified atom stereocenters. The zero-order chi connectivity index (χ0) is 12.1. The highest BCUT2D eigenvalue weighted by Gasteiger charge is 2.48. The molecule has 3 rings (SSSR count). The van der Waals surface area contributed by atoms with Crippen LogP contribution in [0.15, 0.2) is 18.2 Å². The van der Waals surface area contributed by atoms with Crippen LogP contribution in [0.5, 0.6) is 5.75 Å². The molecule has 92 valence electrons. The molecule has 2 N–H and O–H groups in total. The molecule has 0 radical (unpaired) electrons. The average molecular weight is 231 g/mol. The minimum absolute atomic E-state index is 0.161. The summed E-state index contributed by atoms with van der Waals surface area (Å²) in [5.74, 6) is 1.07. The first-order chi connectivity index (χ1) is 8.05. The lowest BCUT2D eigenvalue weighted by atomic mass is 9.71. The van der Waals surface area contributed by atoms with Crippen molar-refractivity contribution < 1.29 is 4.74 Å². The van der Waals surface area contributed by atoms with Gasteiger partial charge in [0, 0.05) is 17.5 Å². The van der Waals surface area contributed by atoms with Crippen molar-refractivity contribution in [2.24, 2.45) is 11.1 Å². The van der Waals surface area contributed by atoms with Gasteiger partial charge in [0.1, 0.15) is 5.75 Å². The van der Waals surface area contributed by atoms with E-state index in [1.54, 1.807) is 0 Å². The first-order valence-corrected chi connectivity index (χ1v) is 6.59. The Morgan fingerprint density at radius 1 is 1.24 bits per heavy atom. The third-order valence-corrected chi connectivity index (χ3v) is 4.78. The van der Waals surface area contributed by atoms with Crippen molar-refractivity contribution >= 4 is 0 Å². The van der Waals surface area contributed by atoms with Crippen LogP contribution in [0.1, 0.15) is 44.2 Å². The molecule has 0 spiro atoms. The summed E-state index contributed by atoms with van der Waals surface area (Å²) < 4.78 is 5.82. The number of hydrogen-bond donors (Lipinski definition) is 1. The minimum atomic E-state index is -0.220. The highest BCUT2D eigenvalue weighted by molar-refractivity contribution is 5.48. The van der Waals surface area contributed by atoms with Crippen molar-refractivity contribution in [3.8, 4) is 5.75 Å². The van der Waals surface area contributed by atoms with Gasteiger partial charge in [0.15, 0.2) is 0 Å². The van der Waals surface area contributed by atoms with Gasteiger partial charge in [-0.25, -0.2) is 0 Å². The predicted molar refractivity (Wildman–Crippen MR) is 69.1 cm³/mol. The fourth-order valence-electron chi connectivity index (χ4n) is 3.44. The summed E-state index contributed by atoms with van der Waals surface area (Å²) in [5, 5.41) is 0. The summed E-state index contributed by atoms with van der Waals surface area (Å²) in [5.41, 5.74) is 9.25. The van der Waals surface area contributed by atoms with Gasteiger partial charge in [-0.1, -0.05) is 38.5 Å². The van der Waals surface area contributed by atoms with Crippen LogP contribution in [0.3, 0.4) is 0 Å². The van der Waals surface area contributed by atoms with Gasteiger partial charge in [-0.05, 0) is 23.8 Å². The van der Waals surface area contributed by atoms with E-state index >= 15 is 0 Å². The van der Waals surface area contributed by atoms with Gasteiger partial charge < -0.3 is 10.5 Å². The molecule has 2 aliphatic rings. The Kier molecular flexibility index (Phi) is 2.27. The number of nitrogens with two attached hydrogens (primary N) is 1. The van der Waals surface area contributed by atoms with E-state index in [1.807, 2.05) is 0 Å². The van der Waals surface area contributed by atoms with Crippen LogP contribution in [0.4, 0.5) is 0 Å². The maximum Gasteiger partial charge on any atom is 0.127 e. The van der Waals surface area contributed by atoms with E-state index in [0.717, 1.165) is 25.2 Å². The van der Waals surface area contributed by atoms with E-state index in [0.29, 0.717) is 0 Å². The SMILES string of the molecule is CC1(C)CCCC1(N)c1cccc2c1OCC2. The Bertz CT molecular complexity index is 452. The van der Waals surface area contributed by atoms with Crippen LogP contribution in [0.25, 0.3) is 0 Å². The average Bonchev–Trinajstić information content (AvgIpc) is 2.84. The van der Waals surface area contributed by atoms with Crippen molar-refractivity contribution in [3.05, 3.63) is 29.3 Å². The van der Waals surface area contributed by atoms with Crippen LogP contribution < -0.4 is 10.5 Å². The summed E-state index contributed by atoms with van der Waals surface area (Å²) in [7, 11) is 0. The number of ether oxygens (including phenoxy) is 1. The molecule has 1 aromatic rings. The van der Waals surface area contributed by atoms with Crippen LogP contribution in [-0.2, 0) is 12.0 Å². The zero-order valence-corrected chi connectivity index (χ0v) is 10.8. The first kappa shape index (κ1) is 11.1. The molecule has 1 aliphatic heterocycles. The summed E-state index contributed by atoms with van der Waals surface area (Å²) in [4.78, 5) is 0. The molecule has 2 heteroatoms. The molecule has 1 aliphatic carbocycles. The monoisotopic (exact) mass is 231 g/mol. The highest BCUT2D eigenvalue weighted by atomic mass is 16.5. The molecule has 0 saturated heterocycles. The molecule has 2 nitrogen and oxygen atoms in total.